The van der Waals surface area contributed by atoms with Crippen molar-refractivity contribution in [2.45, 2.75) is 19.3 Å². The summed E-state index contributed by atoms with van der Waals surface area (Å²) in [5.41, 5.74) is 21.8. The zero-order valence-electron chi connectivity index (χ0n) is 36.4. The molecule has 0 fully saturated rings. The molecule has 12 rings (SSSR count). The Labute approximate surface area is 380 Å². The molecule has 0 saturated carbocycles. The van der Waals surface area contributed by atoms with Gasteiger partial charge in [-0.25, -0.2) is 0 Å². The van der Waals surface area contributed by atoms with E-state index in [1.54, 1.807) is 0 Å². The molecule has 1 aliphatic rings. The molecule has 0 radical (unpaired) electrons. The molecular formula is C63H45NO. The molecular weight excluding hydrogens is 787 g/mol. The highest BCUT2D eigenvalue weighted by Gasteiger charge is 2.36. The highest BCUT2D eigenvalue weighted by Crippen LogP contribution is 2.53. The normalized spacial score (nSPS) is 12.6. The minimum absolute atomic E-state index is 0.173. The Morgan fingerprint density at radius 2 is 0.846 bits per heavy atom. The predicted octanol–water partition coefficient (Wildman–Crippen LogP) is 17.7. The molecule has 0 unspecified atom stereocenters. The molecule has 0 spiro atoms. The smallest absolute Gasteiger partial charge is 0.143 e. The number of rotatable bonds is 8. The molecule has 0 atom stereocenters. The first-order valence-electron chi connectivity index (χ1n) is 22.5. The van der Waals surface area contributed by atoms with Crippen molar-refractivity contribution in [1.82, 2.24) is 0 Å². The number of para-hydroxylation sites is 2. The first-order chi connectivity index (χ1) is 32.0. The van der Waals surface area contributed by atoms with Gasteiger partial charge < -0.3 is 9.32 Å². The van der Waals surface area contributed by atoms with Crippen LogP contribution in [0.1, 0.15) is 25.0 Å². The van der Waals surface area contributed by atoms with E-state index in [1.807, 2.05) is 6.07 Å². The quantitative estimate of drug-likeness (QED) is 0.152. The summed E-state index contributed by atoms with van der Waals surface area (Å²) in [6, 6.07) is 86.0. The summed E-state index contributed by atoms with van der Waals surface area (Å²) >= 11 is 0. The second-order valence-electron chi connectivity index (χ2n) is 17.6. The van der Waals surface area contributed by atoms with Crippen LogP contribution in [-0.2, 0) is 5.41 Å². The van der Waals surface area contributed by atoms with E-state index in [1.165, 1.54) is 55.6 Å². The predicted molar refractivity (Wildman–Crippen MR) is 273 cm³/mol. The van der Waals surface area contributed by atoms with Gasteiger partial charge >= 0.3 is 0 Å². The Kier molecular flexibility index (Phi) is 9.21. The first-order valence-corrected chi connectivity index (χ1v) is 22.5. The van der Waals surface area contributed by atoms with Crippen LogP contribution in [0.25, 0.3) is 88.7 Å². The minimum Gasteiger partial charge on any atom is -0.455 e. The minimum atomic E-state index is -0.173. The third-order valence-electron chi connectivity index (χ3n) is 13.5. The molecule has 0 N–H and O–H groups in total. The van der Waals surface area contributed by atoms with Gasteiger partial charge in [0.15, 0.2) is 0 Å². The molecule has 308 valence electrons. The standard InChI is InChI=1S/C63H45NO/c1-63(2)57-28-13-11-22-52(57)53-40-39-48(41-58(53)63)64(47-37-35-46(36-38-47)51-26-15-27-56-54-23-12-14-30-60(54)65-62(51)56)59-29-16-25-50(45-33-31-43(32-34-45)42-17-5-3-6-18-42)61(59)55-24-10-9-21-49(55)44-19-7-4-8-20-44/h3-41H,1-2H3. The van der Waals surface area contributed by atoms with Crippen LogP contribution < -0.4 is 4.90 Å². The van der Waals surface area contributed by atoms with E-state index >= 15 is 0 Å². The van der Waals surface area contributed by atoms with Gasteiger partial charge in [-0.05, 0) is 103 Å². The lowest BCUT2D eigenvalue weighted by molar-refractivity contribution is 0.660. The van der Waals surface area contributed by atoms with Crippen molar-refractivity contribution in [3.63, 3.8) is 0 Å². The van der Waals surface area contributed by atoms with Crippen LogP contribution in [0.5, 0.6) is 0 Å². The van der Waals surface area contributed by atoms with Crippen molar-refractivity contribution < 1.29 is 4.42 Å². The highest BCUT2D eigenvalue weighted by atomic mass is 16.3. The van der Waals surface area contributed by atoms with Crippen LogP contribution in [0.4, 0.5) is 17.1 Å². The van der Waals surface area contributed by atoms with Crippen molar-refractivity contribution in [2.24, 2.45) is 0 Å². The number of benzene rings is 10. The molecule has 0 amide bonds. The Morgan fingerprint density at radius 1 is 0.338 bits per heavy atom. The summed E-state index contributed by atoms with van der Waals surface area (Å²) in [6.45, 7) is 4.72. The van der Waals surface area contributed by atoms with Crippen LogP contribution >= 0.6 is 0 Å². The summed E-state index contributed by atoms with van der Waals surface area (Å²) < 4.78 is 6.53. The lowest BCUT2D eigenvalue weighted by Crippen LogP contribution is -2.17. The second kappa shape index (κ2) is 15.6. The third-order valence-corrected chi connectivity index (χ3v) is 13.5. The number of hydrogen-bond donors (Lipinski definition) is 0. The Morgan fingerprint density at radius 3 is 1.63 bits per heavy atom. The lowest BCUT2D eigenvalue weighted by atomic mass is 9.82. The van der Waals surface area contributed by atoms with Crippen LogP contribution in [0.15, 0.2) is 241 Å². The van der Waals surface area contributed by atoms with Gasteiger partial charge in [-0.15, -0.1) is 0 Å². The van der Waals surface area contributed by atoms with Gasteiger partial charge in [0.1, 0.15) is 11.2 Å². The molecule has 2 heteroatoms. The van der Waals surface area contributed by atoms with Crippen LogP contribution in [0.2, 0.25) is 0 Å². The van der Waals surface area contributed by atoms with Crippen molar-refractivity contribution in [3.05, 3.63) is 248 Å². The topological polar surface area (TPSA) is 16.4 Å². The van der Waals surface area contributed by atoms with Crippen molar-refractivity contribution in [1.29, 1.82) is 0 Å². The SMILES string of the molecule is CC1(C)c2ccccc2-c2ccc(N(c3ccc(-c4cccc5c4oc4ccccc45)cc3)c3cccc(-c4ccc(-c5ccccc5)cc4)c3-c3ccccc3-c3ccccc3)cc21. The molecule has 65 heavy (non-hydrogen) atoms. The summed E-state index contributed by atoms with van der Waals surface area (Å²) in [5, 5.41) is 2.26. The van der Waals surface area contributed by atoms with Crippen LogP contribution in [0.3, 0.4) is 0 Å². The fraction of sp³-hybridized carbons (Fsp3) is 0.0476. The fourth-order valence-electron chi connectivity index (χ4n) is 10.3. The molecule has 11 aromatic rings. The fourth-order valence-corrected chi connectivity index (χ4v) is 10.3. The average Bonchev–Trinajstić information content (AvgIpc) is 3.86. The van der Waals surface area contributed by atoms with E-state index in [9.17, 15) is 0 Å². The lowest BCUT2D eigenvalue weighted by Gasteiger charge is -2.31. The third kappa shape index (κ3) is 6.49. The van der Waals surface area contributed by atoms with Gasteiger partial charge in [-0.2, -0.15) is 0 Å². The number of nitrogens with zero attached hydrogens (tertiary/aromatic N) is 1. The maximum absolute atomic E-state index is 6.53. The number of anilines is 3. The van der Waals surface area contributed by atoms with E-state index in [-0.39, 0.29) is 5.41 Å². The van der Waals surface area contributed by atoms with E-state index < -0.39 is 0 Å². The molecule has 0 bridgehead atoms. The van der Waals surface area contributed by atoms with E-state index in [2.05, 4.69) is 249 Å². The summed E-state index contributed by atoms with van der Waals surface area (Å²) in [7, 11) is 0. The molecule has 10 aromatic carbocycles. The molecule has 1 aliphatic carbocycles. The van der Waals surface area contributed by atoms with Gasteiger partial charge in [0, 0.05) is 38.7 Å². The maximum Gasteiger partial charge on any atom is 0.143 e. The van der Waals surface area contributed by atoms with E-state index in [0.717, 1.165) is 61.3 Å². The Balaban J connectivity index is 1.09. The van der Waals surface area contributed by atoms with Gasteiger partial charge in [0.25, 0.3) is 0 Å². The zero-order valence-corrected chi connectivity index (χ0v) is 36.4. The number of fused-ring (bicyclic) bond motifs is 6. The van der Waals surface area contributed by atoms with Crippen LogP contribution in [0, 0.1) is 0 Å². The van der Waals surface area contributed by atoms with E-state index in [0.29, 0.717) is 0 Å². The van der Waals surface area contributed by atoms with Crippen molar-refractivity contribution in [2.75, 3.05) is 4.90 Å². The Hall–Kier alpha value is -8.20. The zero-order chi connectivity index (χ0) is 43.5. The largest absolute Gasteiger partial charge is 0.455 e. The Bertz CT molecular complexity index is 3540. The van der Waals surface area contributed by atoms with Gasteiger partial charge in [-0.3, -0.25) is 0 Å². The summed E-state index contributed by atoms with van der Waals surface area (Å²) in [6.07, 6.45) is 0. The van der Waals surface area contributed by atoms with Gasteiger partial charge in [-0.1, -0.05) is 214 Å². The molecule has 2 nitrogen and oxygen atoms in total. The first kappa shape index (κ1) is 38.5. The second-order valence-corrected chi connectivity index (χ2v) is 17.6. The number of hydrogen-bond acceptors (Lipinski definition) is 2. The van der Waals surface area contributed by atoms with Crippen molar-refractivity contribution >= 4 is 39.0 Å². The van der Waals surface area contributed by atoms with E-state index in [4.69, 9.17) is 4.42 Å². The average molecular weight is 832 g/mol. The molecule has 0 saturated heterocycles. The van der Waals surface area contributed by atoms with Gasteiger partial charge in [0.05, 0.1) is 5.69 Å². The molecule has 1 aromatic heterocycles. The van der Waals surface area contributed by atoms with Crippen molar-refractivity contribution in [3.8, 4) is 66.8 Å². The molecule has 0 aliphatic heterocycles. The monoisotopic (exact) mass is 831 g/mol. The maximum atomic E-state index is 6.53. The summed E-state index contributed by atoms with van der Waals surface area (Å²) in [4.78, 5) is 2.48. The molecule has 1 heterocycles. The number of furan rings is 1. The highest BCUT2D eigenvalue weighted by molar-refractivity contribution is 6.10. The van der Waals surface area contributed by atoms with Gasteiger partial charge in [0.2, 0.25) is 0 Å². The summed E-state index contributed by atoms with van der Waals surface area (Å²) in [5.74, 6) is 0. The van der Waals surface area contributed by atoms with Crippen LogP contribution in [-0.4, -0.2) is 0 Å².